The third-order valence-electron chi connectivity index (χ3n) is 2.24. The summed E-state index contributed by atoms with van der Waals surface area (Å²) in [7, 11) is 0. The topological polar surface area (TPSA) is 49.3 Å². The van der Waals surface area contributed by atoms with Crippen LogP contribution in [-0.4, -0.2) is 17.6 Å². The van der Waals surface area contributed by atoms with Crippen LogP contribution in [-0.2, 0) is 11.0 Å². The number of rotatable bonds is 4. The Balaban J connectivity index is 2.70. The quantitative estimate of drug-likeness (QED) is 0.816. The number of carboxylic acid groups (broad SMARTS) is 1. The Morgan fingerprint density at radius 2 is 2.11 bits per heavy atom. The average Bonchev–Trinajstić information content (AvgIpc) is 2.28. The maximum atomic E-state index is 12.4. The number of hydrogen-bond acceptors (Lipinski definition) is 2. The van der Waals surface area contributed by atoms with Crippen LogP contribution in [0.4, 0.5) is 18.9 Å². The number of nitrogens with one attached hydrogen (secondary N) is 1. The van der Waals surface area contributed by atoms with Crippen LogP contribution in [0.25, 0.3) is 0 Å². The smallest absolute Gasteiger partial charge is 0.416 e. The highest BCUT2D eigenvalue weighted by Crippen LogP contribution is 2.30. The van der Waals surface area contributed by atoms with E-state index in [2.05, 4.69) is 5.32 Å². The lowest BCUT2D eigenvalue weighted by molar-refractivity contribution is -0.137. The lowest BCUT2D eigenvalue weighted by Gasteiger charge is -2.09. The molecule has 0 amide bonds. The van der Waals surface area contributed by atoms with Gasteiger partial charge in [0.2, 0.25) is 0 Å². The van der Waals surface area contributed by atoms with Crippen molar-refractivity contribution in [3.63, 3.8) is 0 Å². The summed E-state index contributed by atoms with van der Waals surface area (Å²) in [6.07, 6.45) is -2.99. The molecule has 0 aliphatic carbocycles. The molecule has 0 unspecified atom stereocenters. The molecule has 98 valence electrons. The monoisotopic (exact) mass is 259 g/mol. The molecule has 0 heterocycles. The second-order valence-corrected chi connectivity index (χ2v) is 3.65. The Morgan fingerprint density at radius 3 is 2.67 bits per heavy atom. The summed E-state index contributed by atoms with van der Waals surface area (Å²) in [5.74, 6) is -1.05. The van der Waals surface area contributed by atoms with E-state index in [0.717, 1.165) is 12.1 Å². The van der Waals surface area contributed by atoms with Crippen molar-refractivity contribution in [2.24, 2.45) is 0 Å². The van der Waals surface area contributed by atoms with E-state index in [9.17, 15) is 18.0 Å². The average molecular weight is 259 g/mol. The SMILES string of the molecule is C/C(=C/CNc1cccc(C(F)(F)F)c1)C(=O)O. The molecule has 3 nitrogen and oxygen atoms in total. The Bertz CT molecular complexity index is 467. The number of carboxylic acids is 1. The molecule has 2 N–H and O–H groups in total. The Kier molecular flexibility index (Phi) is 4.36. The fourth-order valence-electron chi connectivity index (χ4n) is 1.21. The zero-order chi connectivity index (χ0) is 13.8. The molecule has 0 bridgehead atoms. The van der Waals surface area contributed by atoms with Gasteiger partial charge < -0.3 is 10.4 Å². The Hall–Kier alpha value is -1.98. The first-order chi connectivity index (χ1) is 8.30. The van der Waals surface area contributed by atoms with Crippen molar-refractivity contribution in [2.75, 3.05) is 11.9 Å². The van der Waals surface area contributed by atoms with Crippen molar-refractivity contribution in [3.8, 4) is 0 Å². The van der Waals surface area contributed by atoms with Gasteiger partial charge in [-0.05, 0) is 25.1 Å². The molecule has 0 saturated heterocycles. The molecule has 0 aliphatic rings. The van der Waals surface area contributed by atoms with Crippen molar-refractivity contribution in [1.29, 1.82) is 0 Å². The van der Waals surface area contributed by atoms with E-state index in [-0.39, 0.29) is 12.1 Å². The summed E-state index contributed by atoms with van der Waals surface area (Å²) in [6, 6.07) is 4.73. The normalized spacial score (nSPS) is 12.3. The van der Waals surface area contributed by atoms with E-state index in [1.165, 1.54) is 25.1 Å². The van der Waals surface area contributed by atoms with Crippen LogP contribution in [0.2, 0.25) is 0 Å². The molecule has 0 saturated carbocycles. The first-order valence-electron chi connectivity index (χ1n) is 5.12. The van der Waals surface area contributed by atoms with Gasteiger partial charge in [-0.15, -0.1) is 0 Å². The van der Waals surface area contributed by atoms with Crippen molar-refractivity contribution in [1.82, 2.24) is 0 Å². The third kappa shape index (κ3) is 4.12. The van der Waals surface area contributed by atoms with Gasteiger partial charge in [0.25, 0.3) is 0 Å². The largest absolute Gasteiger partial charge is 0.478 e. The van der Waals surface area contributed by atoms with Gasteiger partial charge >= 0.3 is 12.1 Å². The van der Waals surface area contributed by atoms with Gasteiger partial charge in [0.1, 0.15) is 0 Å². The number of benzene rings is 1. The summed E-state index contributed by atoms with van der Waals surface area (Å²) in [5, 5.41) is 11.3. The van der Waals surface area contributed by atoms with Gasteiger partial charge in [-0.1, -0.05) is 12.1 Å². The molecule has 1 rings (SSSR count). The molecule has 0 atom stereocenters. The molecule has 0 fully saturated rings. The summed E-state index contributed by atoms with van der Waals surface area (Å²) in [5.41, 5.74) is -0.319. The molecule has 0 aliphatic heterocycles. The highest BCUT2D eigenvalue weighted by atomic mass is 19.4. The molecule has 6 heteroatoms. The van der Waals surface area contributed by atoms with Crippen LogP contribution >= 0.6 is 0 Å². The van der Waals surface area contributed by atoms with Crippen molar-refractivity contribution >= 4 is 11.7 Å². The third-order valence-corrected chi connectivity index (χ3v) is 2.24. The Labute approximate surface area is 102 Å². The van der Waals surface area contributed by atoms with E-state index in [1.807, 2.05) is 0 Å². The molecular weight excluding hydrogens is 247 g/mol. The van der Waals surface area contributed by atoms with Crippen LogP contribution in [0, 0.1) is 0 Å². The predicted octanol–water partition coefficient (Wildman–Crippen LogP) is 3.15. The van der Waals surface area contributed by atoms with E-state index in [4.69, 9.17) is 5.11 Å². The zero-order valence-electron chi connectivity index (χ0n) is 9.58. The van der Waals surface area contributed by atoms with Gasteiger partial charge in [0.15, 0.2) is 0 Å². The number of anilines is 1. The second kappa shape index (κ2) is 5.57. The molecule has 1 aromatic carbocycles. The van der Waals surface area contributed by atoms with Crippen molar-refractivity contribution < 1.29 is 23.1 Å². The minimum atomic E-state index is -4.38. The van der Waals surface area contributed by atoms with Gasteiger partial charge in [-0.3, -0.25) is 0 Å². The van der Waals surface area contributed by atoms with E-state index in [0.29, 0.717) is 5.69 Å². The summed E-state index contributed by atoms with van der Waals surface area (Å²) < 4.78 is 37.2. The van der Waals surface area contributed by atoms with E-state index < -0.39 is 17.7 Å². The van der Waals surface area contributed by atoms with Gasteiger partial charge in [0, 0.05) is 17.8 Å². The lowest BCUT2D eigenvalue weighted by Crippen LogP contribution is -2.07. The molecular formula is C12H12F3NO2. The van der Waals surface area contributed by atoms with Crippen LogP contribution in [0.15, 0.2) is 35.9 Å². The summed E-state index contributed by atoms with van der Waals surface area (Å²) in [6.45, 7) is 1.57. The summed E-state index contributed by atoms with van der Waals surface area (Å²) >= 11 is 0. The van der Waals surface area contributed by atoms with Crippen LogP contribution in [0.1, 0.15) is 12.5 Å². The van der Waals surface area contributed by atoms with Crippen molar-refractivity contribution in [3.05, 3.63) is 41.5 Å². The zero-order valence-corrected chi connectivity index (χ0v) is 9.58. The number of carbonyl (C=O) groups is 1. The lowest BCUT2D eigenvalue weighted by atomic mass is 10.2. The highest BCUT2D eigenvalue weighted by molar-refractivity contribution is 5.85. The number of aliphatic carboxylic acids is 1. The van der Waals surface area contributed by atoms with Crippen LogP contribution < -0.4 is 5.32 Å². The molecule has 18 heavy (non-hydrogen) atoms. The standard InChI is InChI=1S/C12H12F3NO2/c1-8(11(17)18)5-6-16-10-4-2-3-9(7-10)12(13,14)15/h2-5,7,16H,6H2,1H3,(H,17,18)/b8-5-. The molecule has 1 aromatic rings. The highest BCUT2D eigenvalue weighted by Gasteiger charge is 2.30. The number of halogens is 3. The number of alkyl halides is 3. The van der Waals surface area contributed by atoms with Gasteiger partial charge in [0.05, 0.1) is 5.56 Å². The number of hydrogen-bond donors (Lipinski definition) is 2. The second-order valence-electron chi connectivity index (χ2n) is 3.65. The predicted molar refractivity (Wildman–Crippen MR) is 61.3 cm³/mol. The minimum Gasteiger partial charge on any atom is -0.478 e. The maximum Gasteiger partial charge on any atom is 0.416 e. The van der Waals surface area contributed by atoms with Gasteiger partial charge in [-0.25, -0.2) is 4.79 Å². The van der Waals surface area contributed by atoms with E-state index in [1.54, 1.807) is 0 Å². The fraction of sp³-hybridized carbons (Fsp3) is 0.250. The first kappa shape index (κ1) is 14.1. The minimum absolute atomic E-state index is 0.134. The first-order valence-corrected chi connectivity index (χ1v) is 5.12. The molecule has 0 radical (unpaired) electrons. The summed E-state index contributed by atoms with van der Waals surface area (Å²) in [4.78, 5) is 10.5. The van der Waals surface area contributed by atoms with E-state index >= 15 is 0 Å². The van der Waals surface area contributed by atoms with Crippen LogP contribution in [0.5, 0.6) is 0 Å². The molecule has 0 aromatic heterocycles. The van der Waals surface area contributed by atoms with Crippen LogP contribution in [0.3, 0.4) is 0 Å². The fourth-order valence-corrected chi connectivity index (χ4v) is 1.21. The molecule has 0 spiro atoms. The maximum absolute atomic E-state index is 12.4. The Morgan fingerprint density at radius 1 is 1.44 bits per heavy atom. The van der Waals surface area contributed by atoms with Gasteiger partial charge in [-0.2, -0.15) is 13.2 Å². The van der Waals surface area contributed by atoms with Crippen molar-refractivity contribution in [2.45, 2.75) is 13.1 Å².